The van der Waals surface area contributed by atoms with Crippen molar-refractivity contribution in [1.82, 2.24) is 4.98 Å². The van der Waals surface area contributed by atoms with Crippen molar-refractivity contribution in [3.8, 4) is 0 Å². The lowest BCUT2D eigenvalue weighted by Gasteiger charge is -2.16. The van der Waals surface area contributed by atoms with Crippen LogP contribution in [0, 0.1) is 0 Å². The van der Waals surface area contributed by atoms with E-state index in [2.05, 4.69) is 9.72 Å². The number of aliphatic hydroxyl groups excluding tert-OH is 2. The summed E-state index contributed by atoms with van der Waals surface area (Å²) in [5, 5.41) is 19.6. The smallest absolute Gasteiger partial charge is 0.308 e. The van der Waals surface area contributed by atoms with Crippen molar-refractivity contribution in [2.24, 2.45) is 0 Å². The predicted molar refractivity (Wildman–Crippen MR) is 64.3 cm³/mol. The maximum absolute atomic E-state index is 11.4. The number of ether oxygens (including phenoxy) is 1. The topological polar surface area (TPSA) is 99.6 Å². The third kappa shape index (κ3) is 3.83. The fourth-order valence-corrected chi connectivity index (χ4v) is 1.57. The van der Waals surface area contributed by atoms with Gasteiger partial charge in [0.1, 0.15) is 6.10 Å². The number of carbonyl (C=O) groups is 1. The molecule has 18 heavy (non-hydrogen) atoms. The number of esters is 1. The van der Waals surface area contributed by atoms with Crippen LogP contribution in [-0.4, -0.2) is 33.9 Å². The maximum atomic E-state index is 11.4. The molecular weight excluding hydrogens is 262 g/mol. The summed E-state index contributed by atoms with van der Waals surface area (Å²) in [5.74, 6) is -0.650. The molecule has 0 aliphatic rings. The summed E-state index contributed by atoms with van der Waals surface area (Å²) in [5.41, 5.74) is -0.672. The molecule has 0 fully saturated rings. The number of hydrogen-bond donors (Lipinski definition) is 3. The van der Waals surface area contributed by atoms with Crippen molar-refractivity contribution in [1.29, 1.82) is 0 Å². The van der Waals surface area contributed by atoms with Gasteiger partial charge >= 0.3 is 5.97 Å². The van der Waals surface area contributed by atoms with E-state index in [0.717, 1.165) is 0 Å². The van der Waals surface area contributed by atoms with Gasteiger partial charge in [0.05, 0.1) is 24.2 Å². The van der Waals surface area contributed by atoms with E-state index in [1.807, 2.05) is 0 Å². The highest BCUT2D eigenvalue weighted by molar-refractivity contribution is 6.30. The van der Waals surface area contributed by atoms with E-state index < -0.39 is 30.2 Å². The summed E-state index contributed by atoms with van der Waals surface area (Å²) < 4.78 is 4.63. The van der Waals surface area contributed by atoms with Crippen LogP contribution in [0.15, 0.2) is 17.1 Å². The lowest BCUT2D eigenvalue weighted by Crippen LogP contribution is -2.27. The van der Waals surface area contributed by atoms with Gasteiger partial charge in [0.2, 0.25) is 0 Å². The molecule has 3 N–H and O–H groups in total. The largest absolute Gasteiger partial charge is 0.466 e. The van der Waals surface area contributed by atoms with E-state index in [4.69, 9.17) is 11.6 Å². The Morgan fingerprint density at radius 3 is 2.83 bits per heavy atom. The highest BCUT2D eigenvalue weighted by atomic mass is 35.5. The average Bonchev–Trinajstić information content (AvgIpc) is 2.31. The summed E-state index contributed by atoms with van der Waals surface area (Å²) in [4.78, 5) is 24.9. The molecule has 0 spiro atoms. The molecule has 2 atom stereocenters. The van der Waals surface area contributed by atoms with Crippen LogP contribution in [0.3, 0.4) is 0 Å². The van der Waals surface area contributed by atoms with Crippen LogP contribution in [0.1, 0.15) is 25.0 Å². The van der Waals surface area contributed by atoms with Gasteiger partial charge in [-0.3, -0.25) is 9.59 Å². The average molecular weight is 276 g/mol. The van der Waals surface area contributed by atoms with E-state index in [1.54, 1.807) is 6.92 Å². The Hall–Kier alpha value is -1.37. The number of halogens is 1. The first-order valence-electron chi connectivity index (χ1n) is 5.35. The molecule has 1 aromatic heterocycles. The van der Waals surface area contributed by atoms with Crippen LogP contribution >= 0.6 is 11.6 Å². The Bertz CT molecular complexity index is 473. The van der Waals surface area contributed by atoms with Gasteiger partial charge in [-0.05, 0) is 13.0 Å². The summed E-state index contributed by atoms with van der Waals surface area (Å²) in [7, 11) is 0. The highest BCUT2D eigenvalue weighted by Crippen LogP contribution is 2.18. The summed E-state index contributed by atoms with van der Waals surface area (Å²) >= 11 is 5.67. The second-order valence-corrected chi connectivity index (χ2v) is 4.06. The molecule has 7 heteroatoms. The second kappa shape index (κ2) is 6.53. The zero-order valence-corrected chi connectivity index (χ0v) is 10.5. The molecule has 1 aromatic rings. The maximum Gasteiger partial charge on any atom is 0.308 e. The fourth-order valence-electron chi connectivity index (χ4n) is 1.40. The third-order valence-electron chi connectivity index (χ3n) is 2.26. The van der Waals surface area contributed by atoms with Gasteiger partial charge < -0.3 is 19.9 Å². The van der Waals surface area contributed by atoms with Gasteiger partial charge in [0.25, 0.3) is 5.56 Å². The normalized spacial score (nSPS) is 14.0. The van der Waals surface area contributed by atoms with Gasteiger partial charge in [0, 0.05) is 11.8 Å². The molecule has 0 radical (unpaired) electrons. The van der Waals surface area contributed by atoms with Crippen LogP contribution in [-0.2, 0) is 9.53 Å². The second-order valence-electron chi connectivity index (χ2n) is 3.62. The lowest BCUT2D eigenvalue weighted by molar-refractivity contribution is -0.147. The molecular formula is C11H14ClNO5. The first-order valence-corrected chi connectivity index (χ1v) is 5.73. The molecule has 6 nitrogen and oxygen atoms in total. The van der Waals surface area contributed by atoms with Gasteiger partial charge in [0.15, 0.2) is 0 Å². The zero-order chi connectivity index (χ0) is 13.7. The minimum atomic E-state index is -1.50. The zero-order valence-electron chi connectivity index (χ0n) is 9.72. The van der Waals surface area contributed by atoms with Crippen molar-refractivity contribution in [3.63, 3.8) is 0 Å². The number of nitrogens with one attached hydrogen (secondary N) is 1. The van der Waals surface area contributed by atoms with Crippen molar-refractivity contribution < 1.29 is 19.7 Å². The number of H-pyrrole nitrogens is 1. The minimum absolute atomic E-state index is 0.0979. The Labute approximate surface area is 108 Å². The van der Waals surface area contributed by atoms with Crippen molar-refractivity contribution >= 4 is 17.6 Å². The molecule has 0 aliphatic carbocycles. The fraction of sp³-hybridized carbons (Fsp3) is 0.455. The van der Waals surface area contributed by atoms with Gasteiger partial charge in [-0.2, -0.15) is 0 Å². The predicted octanol–water partition coefficient (Wildman–Crippen LogP) is 0.376. The van der Waals surface area contributed by atoms with E-state index >= 15 is 0 Å². The van der Waals surface area contributed by atoms with Gasteiger partial charge in [-0.25, -0.2) is 0 Å². The number of rotatable bonds is 5. The Balaban J connectivity index is 2.80. The SMILES string of the molecule is CCOC(=O)CC(O)C(O)c1cc(Cl)c[nH]c1=O. The summed E-state index contributed by atoms with van der Waals surface area (Å²) in [6.07, 6.45) is -2.07. The third-order valence-corrected chi connectivity index (χ3v) is 2.48. The molecule has 0 bridgehead atoms. The van der Waals surface area contributed by atoms with Crippen molar-refractivity contribution in [2.75, 3.05) is 6.61 Å². The molecule has 2 unspecified atom stereocenters. The van der Waals surface area contributed by atoms with E-state index in [9.17, 15) is 19.8 Å². The number of aliphatic hydroxyl groups is 2. The minimum Gasteiger partial charge on any atom is -0.466 e. The van der Waals surface area contributed by atoms with Gasteiger partial charge in [-0.15, -0.1) is 0 Å². The molecule has 0 saturated carbocycles. The van der Waals surface area contributed by atoms with Crippen molar-refractivity contribution in [3.05, 3.63) is 33.2 Å². The molecule has 0 saturated heterocycles. The molecule has 1 heterocycles. The molecule has 0 amide bonds. The summed E-state index contributed by atoms with van der Waals surface area (Å²) in [6, 6.07) is 1.24. The van der Waals surface area contributed by atoms with Gasteiger partial charge in [-0.1, -0.05) is 11.6 Å². The van der Waals surface area contributed by atoms with Crippen LogP contribution in [0.5, 0.6) is 0 Å². The number of aromatic nitrogens is 1. The van der Waals surface area contributed by atoms with Crippen LogP contribution < -0.4 is 5.56 Å². The van der Waals surface area contributed by atoms with Crippen LogP contribution in [0.25, 0.3) is 0 Å². The monoisotopic (exact) mass is 275 g/mol. The van der Waals surface area contributed by atoms with E-state index in [0.29, 0.717) is 0 Å². The number of hydrogen-bond acceptors (Lipinski definition) is 5. The number of carbonyl (C=O) groups excluding carboxylic acids is 1. The molecule has 0 aliphatic heterocycles. The van der Waals surface area contributed by atoms with Crippen molar-refractivity contribution in [2.45, 2.75) is 25.6 Å². The molecule has 0 aromatic carbocycles. The standard InChI is InChI=1S/C11H14ClNO5/c1-2-18-9(15)4-8(14)10(16)7-3-6(12)5-13-11(7)17/h3,5,8,10,14,16H,2,4H2,1H3,(H,13,17). The highest BCUT2D eigenvalue weighted by Gasteiger charge is 2.24. The number of pyridine rings is 1. The van der Waals surface area contributed by atoms with Crippen LogP contribution in [0.2, 0.25) is 5.02 Å². The lowest BCUT2D eigenvalue weighted by atomic mass is 10.0. The Morgan fingerprint density at radius 2 is 2.22 bits per heavy atom. The Kier molecular flexibility index (Phi) is 5.33. The quantitative estimate of drug-likeness (QED) is 0.675. The van der Waals surface area contributed by atoms with Crippen LogP contribution in [0.4, 0.5) is 0 Å². The number of aromatic amines is 1. The first kappa shape index (κ1) is 14.7. The molecule has 1 rings (SSSR count). The molecule has 100 valence electrons. The van der Waals surface area contributed by atoms with E-state index in [-0.39, 0.29) is 17.2 Å². The van der Waals surface area contributed by atoms with E-state index in [1.165, 1.54) is 12.3 Å². The summed E-state index contributed by atoms with van der Waals surface area (Å²) in [6.45, 7) is 1.81. The Morgan fingerprint density at radius 1 is 1.56 bits per heavy atom. The first-order chi connectivity index (χ1) is 8.45.